The Labute approximate surface area is 149 Å². The van der Waals surface area contributed by atoms with Gasteiger partial charge in [-0.2, -0.15) is 0 Å². The van der Waals surface area contributed by atoms with Crippen LogP contribution in [0.1, 0.15) is 70.9 Å². The highest BCUT2D eigenvalue weighted by Crippen LogP contribution is 2.43. The molecule has 2 fully saturated rings. The standard InChI is InChI=1S/C20H28N2O3/c1-14-8-9-15(16-13-20(23-21-16)10-6-7-11-20)12-17(14)22-24-18(2,3)19(4,5)25-22/h8-9,12H,6-7,10-11,13H2,1-5H3. The van der Waals surface area contributed by atoms with Crippen molar-refractivity contribution in [2.24, 2.45) is 5.16 Å². The maximum absolute atomic E-state index is 6.08. The minimum absolute atomic E-state index is 0.0506. The van der Waals surface area contributed by atoms with Crippen LogP contribution in [0.4, 0.5) is 5.69 Å². The lowest BCUT2D eigenvalue weighted by Gasteiger charge is -2.26. The molecule has 1 aromatic carbocycles. The summed E-state index contributed by atoms with van der Waals surface area (Å²) in [6.45, 7) is 10.3. The maximum atomic E-state index is 6.08. The highest BCUT2D eigenvalue weighted by molar-refractivity contribution is 6.02. The van der Waals surface area contributed by atoms with E-state index in [1.807, 2.05) is 27.7 Å². The van der Waals surface area contributed by atoms with Crippen LogP contribution in [-0.2, 0) is 14.5 Å². The average molecular weight is 344 g/mol. The lowest BCUT2D eigenvalue weighted by Crippen LogP contribution is -2.41. The zero-order valence-electron chi connectivity index (χ0n) is 15.9. The van der Waals surface area contributed by atoms with Crippen LogP contribution in [-0.4, -0.2) is 22.5 Å². The number of benzene rings is 1. The molecule has 4 rings (SSSR count). The molecule has 25 heavy (non-hydrogen) atoms. The van der Waals surface area contributed by atoms with E-state index >= 15 is 0 Å². The molecule has 1 saturated heterocycles. The molecular weight excluding hydrogens is 316 g/mol. The average Bonchev–Trinajstić information content (AvgIpc) is 3.21. The van der Waals surface area contributed by atoms with Gasteiger partial charge in [-0.1, -0.05) is 17.3 Å². The lowest BCUT2D eigenvalue weighted by atomic mass is 9.90. The first kappa shape index (κ1) is 16.9. The molecule has 5 nitrogen and oxygen atoms in total. The fourth-order valence-corrected chi connectivity index (χ4v) is 3.70. The Hall–Kier alpha value is -1.59. The van der Waals surface area contributed by atoms with Crippen molar-refractivity contribution in [3.8, 4) is 0 Å². The zero-order valence-corrected chi connectivity index (χ0v) is 15.9. The van der Waals surface area contributed by atoms with Crippen molar-refractivity contribution in [1.29, 1.82) is 0 Å². The third-order valence-corrected chi connectivity index (χ3v) is 6.17. The molecule has 0 bridgehead atoms. The number of hydrogen-bond donors (Lipinski definition) is 0. The molecule has 1 aliphatic carbocycles. The van der Waals surface area contributed by atoms with Gasteiger partial charge in [-0.25, -0.2) is 9.68 Å². The van der Waals surface area contributed by atoms with E-state index in [1.54, 1.807) is 5.23 Å². The second-order valence-electron chi connectivity index (χ2n) is 8.66. The van der Waals surface area contributed by atoms with Gasteiger partial charge in [0.2, 0.25) is 0 Å². The molecule has 0 aromatic heterocycles. The SMILES string of the molecule is Cc1ccc(C2=NOC3(CCCC3)C2)cc1N1OC(C)(C)C(C)(C)O1. The van der Waals surface area contributed by atoms with Crippen LogP contribution in [0.25, 0.3) is 0 Å². The van der Waals surface area contributed by atoms with Crippen LogP contribution in [0.3, 0.4) is 0 Å². The summed E-state index contributed by atoms with van der Waals surface area (Å²) in [5, 5.41) is 5.98. The highest BCUT2D eigenvalue weighted by atomic mass is 17.0. The summed E-state index contributed by atoms with van der Waals surface area (Å²) in [5.41, 5.74) is 3.28. The highest BCUT2D eigenvalue weighted by Gasteiger charge is 2.50. The molecule has 3 aliphatic rings. The molecule has 0 unspecified atom stereocenters. The fraction of sp³-hybridized carbons (Fsp3) is 0.650. The van der Waals surface area contributed by atoms with Gasteiger partial charge < -0.3 is 4.84 Å². The molecule has 1 spiro atoms. The monoisotopic (exact) mass is 344 g/mol. The second-order valence-corrected chi connectivity index (χ2v) is 8.66. The minimum Gasteiger partial charge on any atom is -0.389 e. The Balaban J connectivity index is 1.60. The topological polar surface area (TPSA) is 43.3 Å². The Morgan fingerprint density at radius 2 is 1.64 bits per heavy atom. The number of oxime groups is 1. The summed E-state index contributed by atoms with van der Waals surface area (Å²) in [7, 11) is 0. The van der Waals surface area contributed by atoms with Crippen LogP contribution in [0.2, 0.25) is 0 Å². The maximum Gasteiger partial charge on any atom is 0.143 e. The third-order valence-electron chi connectivity index (χ3n) is 6.17. The summed E-state index contributed by atoms with van der Waals surface area (Å²) in [6.07, 6.45) is 5.59. The molecule has 0 N–H and O–H groups in total. The molecule has 5 heteroatoms. The molecule has 1 aromatic rings. The van der Waals surface area contributed by atoms with E-state index in [0.717, 1.165) is 41.8 Å². The summed E-state index contributed by atoms with van der Waals surface area (Å²) in [4.78, 5) is 18.0. The quantitative estimate of drug-likeness (QED) is 0.782. The largest absolute Gasteiger partial charge is 0.389 e. The normalized spacial score (nSPS) is 26.1. The predicted octanol–water partition coefficient (Wildman–Crippen LogP) is 4.67. The van der Waals surface area contributed by atoms with Gasteiger partial charge in [-0.15, -0.1) is 5.23 Å². The first-order chi connectivity index (χ1) is 11.7. The Morgan fingerprint density at radius 3 is 2.28 bits per heavy atom. The van der Waals surface area contributed by atoms with Gasteiger partial charge in [0.15, 0.2) is 0 Å². The van der Waals surface area contributed by atoms with E-state index in [-0.39, 0.29) is 5.60 Å². The Kier molecular flexibility index (Phi) is 3.68. The van der Waals surface area contributed by atoms with E-state index < -0.39 is 11.2 Å². The van der Waals surface area contributed by atoms with E-state index in [0.29, 0.717) is 0 Å². The number of hydrogen-bond acceptors (Lipinski definition) is 5. The van der Waals surface area contributed by atoms with Crippen molar-refractivity contribution in [2.75, 3.05) is 5.23 Å². The molecule has 136 valence electrons. The first-order valence-corrected chi connectivity index (χ1v) is 9.26. The van der Waals surface area contributed by atoms with Crippen LogP contribution >= 0.6 is 0 Å². The van der Waals surface area contributed by atoms with Crippen molar-refractivity contribution < 1.29 is 14.5 Å². The number of nitrogens with zero attached hydrogens (tertiary/aromatic N) is 2. The van der Waals surface area contributed by atoms with Crippen LogP contribution in [0.15, 0.2) is 23.4 Å². The van der Waals surface area contributed by atoms with Gasteiger partial charge in [0.25, 0.3) is 0 Å². The Morgan fingerprint density at radius 1 is 1.00 bits per heavy atom. The van der Waals surface area contributed by atoms with Crippen LogP contribution < -0.4 is 5.23 Å². The van der Waals surface area contributed by atoms with Crippen molar-refractivity contribution in [1.82, 2.24) is 0 Å². The fourth-order valence-electron chi connectivity index (χ4n) is 3.70. The molecule has 2 aliphatic heterocycles. The summed E-state index contributed by atoms with van der Waals surface area (Å²) in [5.74, 6) is 0. The van der Waals surface area contributed by atoms with Gasteiger partial charge >= 0.3 is 0 Å². The third kappa shape index (κ3) is 2.74. The Bertz CT molecular complexity index is 702. The van der Waals surface area contributed by atoms with Gasteiger partial charge in [0.05, 0.1) is 11.4 Å². The molecule has 0 atom stereocenters. The van der Waals surface area contributed by atoms with Gasteiger partial charge in [-0.05, 0) is 71.9 Å². The van der Waals surface area contributed by atoms with E-state index in [9.17, 15) is 0 Å². The smallest absolute Gasteiger partial charge is 0.143 e. The van der Waals surface area contributed by atoms with Crippen molar-refractivity contribution in [3.63, 3.8) is 0 Å². The van der Waals surface area contributed by atoms with Gasteiger partial charge in [0.1, 0.15) is 16.8 Å². The van der Waals surface area contributed by atoms with Crippen LogP contribution in [0.5, 0.6) is 0 Å². The summed E-state index contributed by atoms with van der Waals surface area (Å²) in [6, 6.07) is 6.31. The number of aryl methyl sites for hydroxylation is 1. The first-order valence-electron chi connectivity index (χ1n) is 9.26. The van der Waals surface area contributed by atoms with Crippen molar-refractivity contribution in [2.45, 2.75) is 83.5 Å². The molecule has 1 saturated carbocycles. The van der Waals surface area contributed by atoms with Crippen LogP contribution in [0, 0.1) is 6.92 Å². The zero-order chi connectivity index (χ0) is 17.9. The molecule has 0 amide bonds. The molecule has 0 radical (unpaired) electrons. The van der Waals surface area contributed by atoms with E-state index in [2.05, 4.69) is 30.3 Å². The number of rotatable bonds is 2. The molecule has 2 heterocycles. The van der Waals surface area contributed by atoms with Gasteiger partial charge in [0, 0.05) is 12.0 Å². The minimum atomic E-state index is -0.405. The van der Waals surface area contributed by atoms with Crippen molar-refractivity contribution in [3.05, 3.63) is 29.3 Å². The lowest BCUT2D eigenvalue weighted by molar-refractivity contribution is -0.0275. The second kappa shape index (κ2) is 5.45. The molecular formula is C20H28N2O3. The van der Waals surface area contributed by atoms with Gasteiger partial charge in [-0.3, -0.25) is 0 Å². The van der Waals surface area contributed by atoms with E-state index in [1.165, 1.54) is 12.8 Å². The predicted molar refractivity (Wildman–Crippen MR) is 97.4 cm³/mol. The summed E-state index contributed by atoms with van der Waals surface area (Å²) < 4.78 is 0. The van der Waals surface area contributed by atoms with E-state index in [4.69, 9.17) is 14.5 Å². The number of anilines is 1. The summed E-state index contributed by atoms with van der Waals surface area (Å²) >= 11 is 0. The van der Waals surface area contributed by atoms with Crippen molar-refractivity contribution >= 4 is 11.4 Å².